The van der Waals surface area contributed by atoms with Crippen LogP contribution < -0.4 is 4.90 Å². The Balaban J connectivity index is 1.88. The zero-order chi connectivity index (χ0) is 14.9. The van der Waals surface area contributed by atoms with Crippen LogP contribution in [0.4, 0.5) is 5.95 Å². The third-order valence-electron chi connectivity index (χ3n) is 3.83. The summed E-state index contributed by atoms with van der Waals surface area (Å²) < 4.78 is 1.48. The molecule has 0 saturated carbocycles. The molecular weight excluding hydrogens is 290 g/mol. The minimum Gasteiger partial charge on any atom is -0.341 e. The van der Waals surface area contributed by atoms with Gasteiger partial charge in [0.2, 0.25) is 11.2 Å². The van der Waals surface area contributed by atoms with Crippen LogP contribution in [0.2, 0.25) is 5.28 Å². The van der Waals surface area contributed by atoms with Crippen molar-refractivity contribution in [1.29, 1.82) is 0 Å². The Morgan fingerprint density at radius 3 is 2.67 bits per heavy atom. The van der Waals surface area contributed by atoms with Crippen molar-refractivity contribution in [1.82, 2.24) is 29.7 Å². The Bertz CT molecular complexity index is 611. The van der Waals surface area contributed by atoms with Crippen molar-refractivity contribution in [2.45, 2.75) is 33.1 Å². The number of halogens is 1. The maximum atomic E-state index is 6.03. The van der Waals surface area contributed by atoms with Crippen molar-refractivity contribution >= 4 is 17.5 Å². The predicted octanol–water partition coefficient (Wildman–Crippen LogP) is 2.12. The van der Waals surface area contributed by atoms with Gasteiger partial charge in [0.15, 0.2) is 0 Å². The van der Waals surface area contributed by atoms with Crippen LogP contribution in [0.5, 0.6) is 0 Å². The standard InChI is InChI=1S/C13H18ClN7/c1-13(2)4-3-6-20(7-5-13)11-17-10(14)18-12(19-11)21-9-15-8-16-21/h8-9H,3-7H2,1-2H3. The first-order chi connectivity index (χ1) is 10.0. The van der Waals surface area contributed by atoms with E-state index in [-0.39, 0.29) is 5.28 Å². The molecule has 1 aliphatic rings. The molecule has 112 valence electrons. The van der Waals surface area contributed by atoms with E-state index in [1.54, 1.807) is 6.33 Å². The second kappa shape index (κ2) is 5.55. The molecule has 0 amide bonds. The zero-order valence-electron chi connectivity index (χ0n) is 12.2. The highest BCUT2D eigenvalue weighted by Crippen LogP contribution is 2.31. The largest absolute Gasteiger partial charge is 0.341 e. The Kier molecular flexibility index (Phi) is 3.75. The fourth-order valence-electron chi connectivity index (χ4n) is 2.51. The lowest BCUT2D eigenvalue weighted by atomic mass is 9.85. The molecule has 0 unspecified atom stereocenters. The minimum absolute atomic E-state index is 0.175. The lowest BCUT2D eigenvalue weighted by molar-refractivity contribution is 0.325. The molecule has 3 rings (SSSR count). The van der Waals surface area contributed by atoms with Gasteiger partial charge in [-0.05, 0) is 36.3 Å². The molecule has 8 heteroatoms. The molecule has 0 aliphatic carbocycles. The van der Waals surface area contributed by atoms with Gasteiger partial charge in [0, 0.05) is 13.1 Å². The minimum atomic E-state index is 0.175. The molecule has 1 fully saturated rings. The molecular formula is C13H18ClN7. The molecule has 7 nitrogen and oxygen atoms in total. The Morgan fingerprint density at radius 2 is 1.90 bits per heavy atom. The van der Waals surface area contributed by atoms with Gasteiger partial charge in [-0.25, -0.2) is 4.98 Å². The molecule has 0 aromatic carbocycles. The van der Waals surface area contributed by atoms with Crippen LogP contribution in [-0.2, 0) is 0 Å². The molecule has 0 atom stereocenters. The maximum absolute atomic E-state index is 6.03. The van der Waals surface area contributed by atoms with Crippen LogP contribution in [-0.4, -0.2) is 42.8 Å². The smallest absolute Gasteiger partial charge is 0.258 e. The van der Waals surface area contributed by atoms with Gasteiger partial charge in [-0.15, -0.1) is 0 Å². The lowest BCUT2D eigenvalue weighted by Crippen LogP contribution is -2.27. The van der Waals surface area contributed by atoms with Crippen LogP contribution in [0.1, 0.15) is 33.1 Å². The van der Waals surface area contributed by atoms with Crippen molar-refractivity contribution in [3.8, 4) is 5.95 Å². The number of aromatic nitrogens is 6. The Morgan fingerprint density at radius 1 is 1.10 bits per heavy atom. The van der Waals surface area contributed by atoms with Crippen LogP contribution in [0.25, 0.3) is 5.95 Å². The summed E-state index contributed by atoms with van der Waals surface area (Å²) in [5, 5.41) is 4.21. The van der Waals surface area contributed by atoms with E-state index in [0.717, 1.165) is 25.9 Å². The molecule has 1 saturated heterocycles. The Labute approximate surface area is 128 Å². The number of nitrogens with zero attached hydrogens (tertiary/aromatic N) is 7. The van der Waals surface area contributed by atoms with Gasteiger partial charge in [-0.2, -0.15) is 24.7 Å². The summed E-state index contributed by atoms with van der Waals surface area (Å²) in [6.45, 7) is 6.46. The van der Waals surface area contributed by atoms with E-state index in [0.29, 0.717) is 17.3 Å². The molecule has 0 radical (unpaired) electrons. The van der Waals surface area contributed by atoms with Gasteiger partial charge in [0.05, 0.1) is 0 Å². The first-order valence-electron chi connectivity index (χ1n) is 7.05. The van der Waals surface area contributed by atoms with Crippen molar-refractivity contribution in [2.75, 3.05) is 18.0 Å². The summed E-state index contributed by atoms with van der Waals surface area (Å²) >= 11 is 6.03. The molecule has 21 heavy (non-hydrogen) atoms. The van der Waals surface area contributed by atoms with Gasteiger partial charge in [0.1, 0.15) is 12.7 Å². The molecule has 2 aromatic heterocycles. The summed E-state index contributed by atoms with van der Waals surface area (Å²) in [6, 6.07) is 0. The van der Waals surface area contributed by atoms with Crippen molar-refractivity contribution in [3.05, 3.63) is 17.9 Å². The van der Waals surface area contributed by atoms with Crippen LogP contribution >= 0.6 is 11.6 Å². The molecule has 0 N–H and O–H groups in total. The average Bonchev–Trinajstić information content (AvgIpc) is 2.89. The topological polar surface area (TPSA) is 72.6 Å². The molecule has 2 aromatic rings. The van der Waals surface area contributed by atoms with E-state index in [1.807, 2.05) is 0 Å². The number of hydrogen-bond donors (Lipinski definition) is 0. The first-order valence-corrected chi connectivity index (χ1v) is 7.43. The second-order valence-electron chi connectivity index (χ2n) is 6.05. The molecule has 0 bridgehead atoms. The van der Waals surface area contributed by atoms with E-state index >= 15 is 0 Å². The van der Waals surface area contributed by atoms with Crippen LogP contribution in [0.15, 0.2) is 12.7 Å². The van der Waals surface area contributed by atoms with Crippen molar-refractivity contribution in [3.63, 3.8) is 0 Å². The average molecular weight is 308 g/mol. The SMILES string of the molecule is CC1(C)CCCN(c2nc(Cl)nc(-n3cncn3)n2)CC1. The summed E-state index contributed by atoms with van der Waals surface area (Å²) in [7, 11) is 0. The highest BCUT2D eigenvalue weighted by Gasteiger charge is 2.24. The molecule has 1 aliphatic heterocycles. The molecule has 0 spiro atoms. The zero-order valence-corrected chi connectivity index (χ0v) is 13.0. The van der Waals surface area contributed by atoms with Crippen molar-refractivity contribution < 1.29 is 0 Å². The first kappa shape index (κ1) is 14.2. The number of anilines is 1. The second-order valence-corrected chi connectivity index (χ2v) is 6.39. The lowest BCUT2D eigenvalue weighted by Gasteiger charge is -2.23. The van der Waals surface area contributed by atoms with Gasteiger partial charge in [0.25, 0.3) is 5.95 Å². The summed E-state index contributed by atoms with van der Waals surface area (Å²) in [5.74, 6) is 1.00. The predicted molar refractivity (Wildman–Crippen MR) is 79.6 cm³/mol. The van der Waals surface area contributed by atoms with Crippen LogP contribution in [0, 0.1) is 5.41 Å². The highest BCUT2D eigenvalue weighted by molar-refractivity contribution is 6.28. The third kappa shape index (κ3) is 3.29. The monoisotopic (exact) mass is 307 g/mol. The highest BCUT2D eigenvalue weighted by atomic mass is 35.5. The van der Waals surface area contributed by atoms with E-state index in [9.17, 15) is 0 Å². The van der Waals surface area contributed by atoms with Gasteiger partial charge >= 0.3 is 0 Å². The fraction of sp³-hybridized carbons (Fsp3) is 0.615. The number of rotatable bonds is 2. The number of hydrogen-bond acceptors (Lipinski definition) is 6. The summed E-state index contributed by atoms with van der Waals surface area (Å²) in [6.07, 6.45) is 6.41. The normalized spacial score (nSPS) is 18.5. The van der Waals surface area contributed by atoms with E-state index in [1.165, 1.54) is 17.4 Å². The summed E-state index contributed by atoms with van der Waals surface area (Å²) in [5.41, 5.74) is 0.361. The van der Waals surface area contributed by atoms with Crippen LogP contribution in [0.3, 0.4) is 0 Å². The van der Waals surface area contributed by atoms with E-state index in [2.05, 4.69) is 43.8 Å². The van der Waals surface area contributed by atoms with Crippen molar-refractivity contribution in [2.24, 2.45) is 5.41 Å². The maximum Gasteiger partial charge on any atom is 0.258 e. The Hall–Kier alpha value is -1.76. The van der Waals surface area contributed by atoms with Gasteiger partial charge in [-0.1, -0.05) is 13.8 Å². The van der Waals surface area contributed by atoms with Gasteiger partial charge in [-0.3, -0.25) is 0 Å². The summed E-state index contributed by atoms with van der Waals surface area (Å²) in [4.78, 5) is 18.9. The third-order valence-corrected chi connectivity index (χ3v) is 4.00. The van der Waals surface area contributed by atoms with E-state index in [4.69, 9.17) is 11.6 Å². The van der Waals surface area contributed by atoms with E-state index < -0.39 is 0 Å². The fourth-order valence-corrected chi connectivity index (χ4v) is 2.66. The molecule has 3 heterocycles. The van der Waals surface area contributed by atoms with Gasteiger partial charge < -0.3 is 4.90 Å². The quantitative estimate of drug-likeness (QED) is 0.846.